The summed E-state index contributed by atoms with van der Waals surface area (Å²) in [4.78, 5) is 17.2. The van der Waals surface area contributed by atoms with Gasteiger partial charge in [-0.3, -0.25) is 4.79 Å². The van der Waals surface area contributed by atoms with Gasteiger partial charge >= 0.3 is 0 Å². The van der Waals surface area contributed by atoms with Gasteiger partial charge in [-0.25, -0.2) is 13.4 Å². The number of sulfone groups is 1. The van der Waals surface area contributed by atoms with Gasteiger partial charge in [0.25, 0.3) is 5.56 Å². The third kappa shape index (κ3) is 3.47. The molecule has 1 aromatic heterocycles. The van der Waals surface area contributed by atoms with Crippen LogP contribution in [-0.4, -0.2) is 24.6 Å². The third-order valence-electron chi connectivity index (χ3n) is 1.38. The van der Waals surface area contributed by atoms with Crippen molar-refractivity contribution in [3.63, 3.8) is 0 Å². The Kier molecular flexibility index (Phi) is 3.28. The largest absolute Gasteiger partial charge is 0.310 e. The highest BCUT2D eigenvalue weighted by molar-refractivity contribution is 7.89. The lowest BCUT2D eigenvalue weighted by molar-refractivity contribution is 0.599. The normalized spacial score (nSPS) is 11.6. The highest BCUT2D eigenvalue weighted by atomic mass is 35.5. The fourth-order valence-electron chi connectivity index (χ4n) is 0.948. The lowest BCUT2D eigenvalue weighted by Crippen LogP contribution is -2.15. The molecule has 1 N–H and O–H groups in total. The van der Waals surface area contributed by atoms with Crippen molar-refractivity contribution >= 4 is 21.4 Å². The van der Waals surface area contributed by atoms with Crippen LogP contribution in [0.1, 0.15) is 11.5 Å². The van der Waals surface area contributed by atoms with Gasteiger partial charge in [-0.2, -0.15) is 0 Å². The molecule has 1 heterocycles. The van der Waals surface area contributed by atoms with Crippen molar-refractivity contribution in [2.24, 2.45) is 0 Å². The standard InChI is InChI=1S/C7H9ClN2O3S/c1-14(12,13)4-6-9-5(3-8)2-7(11)10-6/h2H,3-4H2,1H3,(H,9,10,11). The van der Waals surface area contributed by atoms with Crippen LogP contribution in [0.15, 0.2) is 10.9 Å². The Hall–Kier alpha value is -0.880. The molecular weight excluding hydrogens is 228 g/mol. The summed E-state index contributed by atoms with van der Waals surface area (Å²) in [5, 5.41) is 0. The number of rotatable bonds is 3. The molecule has 0 saturated carbocycles. The van der Waals surface area contributed by atoms with E-state index in [0.717, 1.165) is 6.26 Å². The van der Waals surface area contributed by atoms with Gasteiger partial charge in [0.05, 0.1) is 11.6 Å². The molecule has 7 heteroatoms. The van der Waals surface area contributed by atoms with Crippen molar-refractivity contribution in [3.05, 3.63) is 27.9 Å². The molecule has 14 heavy (non-hydrogen) atoms. The molecular formula is C7H9ClN2O3S. The highest BCUT2D eigenvalue weighted by Gasteiger charge is 2.07. The van der Waals surface area contributed by atoms with Gasteiger partial charge in [-0.05, 0) is 0 Å². The minimum Gasteiger partial charge on any atom is -0.310 e. The Morgan fingerprint density at radius 3 is 2.71 bits per heavy atom. The highest BCUT2D eigenvalue weighted by Crippen LogP contribution is 2.00. The van der Waals surface area contributed by atoms with Gasteiger partial charge in [0.15, 0.2) is 9.84 Å². The summed E-state index contributed by atoms with van der Waals surface area (Å²) in [7, 11) is -3.19. The molecule has 78 valence electrons. The van der Waals surface area contributed by atoms with Gasteiger partial charge < -0.3 is 4.98 Å². The molecule has 0 fully saturated rings. The number of nitrogens with zero attached hydrogens (tertiary/aromatic N) is 1. The van der Waals surface area contributed by atoms with Crippen molar-refractivity contribution in [2.45, 2.75) is 11.6 Å². The van der Waals surface area contributed by atoms with Crippen LogP contribution >= 0.6 is 11.6 Å². The molecule has 0 spiro atoms. The van der Waals surface area contributed by atoms with Gasteiger partial charge in [0, 0.05) is 12.3 Å². The fraction of sp³-hybridized carbons (Fsp3) is 0.429. The summed E-state index contributed by atoms with van der Waals surface area (Å²) in [6.45, 7) is 0. The van der Waals surface area contributed by atoms with Crippen LogP contribution in [0.25, 0.3) is 0 Å². The average Bonchev–Trinajstić information content (AvgIpc) is 1.99. The Morgan fingerprint density at radius 2 is 2.21 bits per heavy atom. The molecule has 0 atom stereocenters. The summed E-state index contributed by atoms with van der Waals surface area (Å²) < 4.78 is 21.8. The van der Waals surface area contributed by atoms with Gasteiger partial charge in [-0.15, -0.1) is 11.6 Å². The third-order valence-corrected chi connectivity index (χ3v) is 2.45. The predicted molar refractivity (Wildman–Crippen MR) is 53.0 cm³/mol. The summed E-state index contributed by atoms with van der Waals surface area (Å²) in [6, 6.07) is 1.23. The molecule has 5 nitrogen and oxygen atoms in total. The average molecular weight is 237 g/mol. The maximum absolute atomic E-state index is 11.0. The van der Waals surface area contributed by atoms with Crippen LogP contribution in [0, 0.1) is 0 Å². The topological polar surface area (TPSA) is 79.9 Å². The number of halogens is 1. The Morgan fingerprint density at radius 1 is 1.57 bits per heavy atom. The first-order chi connectivity index (χ1) is 6.40. The second-order valence-electron chi connectivity index (χ2n) is 2.89. The summed E-state index contributed by atoms with van der Waals surface area (Å²) in [5.41, 5.74) is -0.0247. The molecule has 0 saturated heterocycles. The van der Waals surface area contributed by atoms with Crippen LogP contribution < -0.4 is 5.56 Å². The van der Waals surface area contributed by atoms with E-state index in [1.807, 2.05) is 0 Å². The van der Waals surface area contributed by atoms with E-state index in [-0.39, 0.29) is 17.5 Å². The van der Waals surface area contributed by atoms with Gasteiger partial charge in [0.2, 0.25) is 0 Å². The predicted octanol–water partition coefficient (Wildman–Crippen LogP) is 0.0533. The zero-order chi connectivity index (χ0) is 10.8. The van der Waals surface area contributed by atoms with E-state index in [0.29, 0.717) is 5.69 Å². The zero-order valence-electron chi connectivity index (χ0n) is 7.45. The van der Waals surface area contributed by atoms with E-state index in [9.17, 15) is 13.2 Å². The van der Waals surface area contributed by atoms with Crippen LogP contribution in [0.4, 0.5) is 0 Å². The maximum atomic E-state index is 11.0. The second kappa shape index (κ2) is 4.10. The molecule has 1 rings (SSSR count). The number of aromatic amines is 1. The molecule has 0 aliphatic rings. The van der Waals surface area contributed by atoms with Crippen LogP contribution in [0.3, 0.4) is 0 Å². The minimum atomic E-state index is -3.19. The molecule has 0 aliphatic carbocycles. The fourth-order valence-corrected chi connectivity index (χ4v) is 1.72. The molecule has 0 unspecified atom stereocenters. The molecule has 0 bridgehead atoms. The van der Waals surface area contributed by atoms with Crippen molar-refractivity contribution in [1.82, 2.24) is 9.97 Å². The maximum Gasteiger partial charge on any atom is 0.251 e. The van der Waals surface area contributed by atoms with Crippen LogP contribution in [0.2, 0.25) is 0 Å². The molecule has 0 amide bonds. The van der Waals surface area contributed by atoms with E-state index in [4.69, 9.17) is 11.6 Å². The van der Waals surface area contributed by atoms with E-state index in [1.54, 1.807) is 0 Å². The number of aromatic nitrogens is 2. The summed E-state index contributed by atoms with van der Waals surface area (Å²) in [6.07, 6.45) is 1.07. The van der Waals surface area contributed by atoms with E-state index in [2.05, 4.69) is 9.97 Å². The lowest BCUT2D eigenvalue weighted by Gasteiger charge is -2.00. The van der Waals surface area contributed by atoms with Crippen molar-refractivity contribution in [1.29, 1.82) is 0 Å². The van der Waals surface area contributed by atoms with Gasteiger partial charge in [0.1, 0.15) is 11.6 Å². The second-order valence-corrected chi connectivity index (χ2v) is 5.29. The number of H-pyrrole nitrogens is 1. The smallest absolute Gasteiger partial charge is 0.251 e. The van der Waals surface area contributed by atoms with E-state index >= 15 is 0 Å². The minimum absolute atomic E-state index is 0.0840. The van der Waals surface area contributed by atoms with Crippen LogP contribution in [0.5, 0.6) is 0 Å². The first-order valence-corrected chi connectivity index (χ1v) is 6.33. The molecule has 1 aromatic rings. The first kappa shape index (κ1) is 11.2. The molecule has 0 aliphatic heterocycles. The quantitative estimate of drug-likeness (QED) is 0.753. The van der Waals surface area contributed by atoms with Gasteiger partial charge in [-0.1, -0.05) is 0 Å². The van der Waals surface area contributed by atoms with Crippen molar-refractivity contribution in [2.75, 3.05) is 6.26 Å². The Labute approximate surface area is 86.1 Å². The number of nitrogens with one attached hydrogen (secondary N) is 1. The zero-order valence-corrected chi connectivity index (χ0v) is 9.02. The van der Waals surface area contributed by atoms with E-state index < -0.39 is 15.4 Å². The summed E-state index contributed by atoms with van der Waals surface area (Å²) >= 11 is 5.48. The van der Waals surface area contributed by atoms with Crippen LogP contribution in [-0.2, 0) is 21.5 Å². The van der Waals surface area contributed by atoms with Crippen molar-refractivity contribution in [3.8, 4) is 0 Å². The Balaban J connectivity index is 3.10. The summed E-state index contributed by atoms with van der Waals surface area (Å²) in [5.74, 6) is -0.0798. The number of hydrogen-bond acceptors (Lipinski definition) is 4. The Bertz CT molecular complexity index is 480. The monoisotopic (exact) mass is 236 g/mol. The molecule has 0 aromatic carbocycles. The van der Waals surface area contributed by atoms with E-state index in [1.165, 1.54) is 6.07 Å². The number of alkyl halides is 1. The SMILES string of the molecule is CS(=O)(=O)Cc1nc(CCl)cc(=O)[nH]1. The number of hydrogen-bond donors (Lipinski definition) is 1. The lowest BCUT2D eigenvalue weighted by atomic mass is 10.4. The molecule has 0 radical (unpaired) electrons. The first-order valence-electron chi connectivity index (χ1n) is 3.73. The van der Waals surface area contributed by atoms with Crippen molar-refractivity contribution < 1.29 is 8.42 Å².